The van der Waals surface area contributed by atoms with E-state index in [0.29, 0.717) is 19.0 Å². The summed E-state index contributed by atoms with van der Waals surface area (Å²) in [5, 5.41) is 5.57. The maximum atomic E-state index is 11.5. The van der Waals surface area contributed by atoms with Crippen LogP contribution in [0.5, 0.6) is 0 Å². The van der Waals surface area contributed by atoms with Crippen molar-refractivity contribution in [1.29, 1.82) is 0 Å². The Bertz CT molecular complexity index is 313. The zero-order chi connectivity index (χ0) is 11.8. The van der Waals surface area contributed by atoms with E-state index in [2.05, 4.69) is 17.6 Å². The average molecular weight is 221 g/mol. The molecule has 0 aliphatic rings. The van der Waals surface area contributed by atoms with Gasteiger partial charge in [0.25, 0.3) is 0 Å². The Hall–Kier alpha value is -1.55. The van der Waals surface area contributed by atoms with E-state index < -0.39 is 0 Å². The van der Waals surface area contributed by atoms with Crippen LogP contribution in [0, 0.1) is 5.92 Å². The minimum Gasteiger partial charge on any atom is -0.338 e. The van der Waals surface area contributed by atoms with E-state index in [9.17, 15) is 4.79 Å². The van der Waals surface area contributed by atoms with Crippen molar-refractivity contribution in [3.05, 3.63) is 30.3 Å². The second-order valence-corrected chi connectivity index (χ2v) is 3.88. The molecular formula is C12H19N3O. The maximum absolute atomic E-state index is 11.5. The summed E-state index contributed by atoms with van der Waals surface area (Å²) in [5.74, 6) is 0.409. The van der Waals surface area contributed by atoms with Gasteiger partial charge in [-0.3, -0.25) is 0 Å². The van der Waals surface area contributed by atoms with Gasteiger partial charge in [0.2, 0.25) is 0 Å². The van der Waals surface area contributed by atoms with Gasteiger partial charge >= 0.3 is 6.03 Å². The van der Waals surface area contributed by atoms with Crippen LogP contribution in [0.4, 0.5) is 10.5 Å². The number of carbonyl (C=O) groups excluding carboxylic acids is 1. The van der Waals surface area contributed by atoms with E-state index in [1.54, 1.807) is 0 Å². The van der Waals surface area contributed by atoms with Crippen LogP contribution >= 0.6 is 0 Å². The number of anilines is 1. The van der Waals surface area contributed by atoms with Gasteiger partial charge in [0.1, 0.15) is 0 Å². The molecule has 0 spiro atoms. The molecule has 0 saturated carbocycles. The van der Waals surface area contributed by atoms with E-state index in [-0.39, 0.29) is 6.03 Å². The van der Waals surface area contributed by atoms with Crippen molar-refractivity contribution < 1.29 is 4.79 Å². The van der Waals surface area contributed by atoms with Crippen LogP contribution < -0.4 is 16.4 Å². The number of carbonyl (C=O) groups is 1. The normalized spacial score (nSPS) is 11.9. The predicted molar refractivity (Wildman–Crippen MR) is 66.3 cm³/mol. The molecule has 0 saturated heterocycles. The summed E-state index contributed by atoms with van der Waals surface area (Å²) < 4.78 is 0. The lowest BCUT2D eigenvalue weighted by Crippen LogP contribution is -2.32. The number of nitrogens with two attached hydrogens (primary N) is 1. The number of para-hydroxylation sites is 1. The van der Waals surface area contributed by atoms with Gasteiger partial charge < -0.3 is 16.4 Å². The Morgan fingerprint density at radius 3 is 2.69 bits per heavy atom. The van der Waals surface area contributed by atoms with Gasteiger partial charge in [0, 0.05) is 12.2 Å². The number of amides is 2. The molecular weight excluding hydrogens is 202 g/mol. The number of hydrogen-bond donors (Lipinski definition) is 3. The fourth-order valence-corrected chi connectivity index (χ4v) is 1.35. The van der Waals surface area contributed by atoms with E-state index in [0.717, 1.165) is 12.1 Å². The van der Waals surface area contributed by atoms with Crippen LogP contribution in [0.2, 0.25) is 0 Å². The van der Waals surface area contributed by atoms with Gasteiger partial charge in [-0.1, -0.05) is 25.1 Å². The lowest BCUT2D eigenvalue weighted by atomic mass is 10.1. The van der Waals surface area contributed by atoms with Gasteiger partial charge in [-0.15, -0.1) is 0 Å². The fraction of sp³-hybridized carbons (Fsp3) is 0.417. The van der Waals surface area contributed by atoms with Crippen molar-refractivity contribution in [1.82, 2.24) is 5.32 Å². The third kappa shape index (κ3) is 4.79. The lowest BCUT2D eigenvalue weighted by molar-refractivity contribution is 0.250. The molecule has 88 valence electrons. The molecule has 0 aliphatic heterocycles. The number of benzene rings is 1. The van der Waals surface area contributed by atoms with Crippen LogP contribution in [0.25, 0.3) is 0 Å². The molecule has 0 bridgehead atoms. The SMILES string of the molecule is CC(CCN)CNC(=O)Nc1ccccc1. The number of rotatable bonds is 5. The second-order valence-electron chi connectivity index (χ2n) is 3.88. The van der Waals surface area contributed by atoms with E-state index in [4.69, 9.17) is 5.73 Å². The predicted octanol–water partition coefficient (Wildman–Crippen LogP) is 1.79. The molecule has 1 atom stereocenters. The molecule has 2 amide bonds. The Labute approximate surface area is 96.2 Å². The van der Waals surface area contributed by atoms with E-state index in [1.165, 1.54) is 0 Å². The summed E-state index contributed by atoms with van der Waals surface area (Å²) in [7, 11) is 0. The summed E-state index contributed by atoms with van der Waals surface area (Å²) in [6, 6.07) is 9.20. The van der Waals surface area contributed by atoms with Crippen molar-refractivity contribution in [3.8, 4) is 0 Å². The first-order valence-electron chi connectivity index (χ1n) is 5.52. The minimum atomic E-state index is -0.171. The van der Waals surface area contributed by atoms with Crippen LogP contribution in [0.15, 0.2) is 30.3 Å². The number of urea groups is 1. The highest BCUT2D eigenvalue weighted by molar-refractivity contribution is 5.89. The summed E-state index contributed by atoms with van der Waals surface area (Å²) in [6.07, 6.45) is 0.922. The van der Waals surface area contributed by atoms with Crippen LogP contribution in [-0.2, 0) is 0 Å². The number of hydrogen-bond acceptors (Lipinski definition) is 2. The molecule has 0 heterocycles. The molecule has 1 aromatic rings. The molecule has 0 radical (unpaired) electrons. The Kier molecular flexibility index (Phi) is 5.36. The maximum Gasteiger partial charge on any atom is 0.319 e. The van der Waals surface area contributed by atoms with Crippen molar-refractivity contribution in [2.75, 3.05) is 18.4 Å². The first kappa shape index (κ1) is 12.5. The lowest BCUT2D eigenvalue weighted by Gasteiger charge is -2.12. The third-order valence-corrected chi connectivity index (χ3v) is 2.30. The molecule has 1 unspecified atom stereocenters. The van der Waals surface area contributed by atoms with Crippen LogP contribution in [0.1, 0.15) is 13.3 Å². The Morgan fingerprint density at radius 2 is 2.06 bits per heavy atom. The smallest absolute Gasteiger partial charge is 0.319 e. The van der Waals surface area contributed by atoms with Gasteiger partial charge in [-0.05, 0) is 31.0 Å². The monoisotopic (exact) mass is 221 g/mol. The van der Waals surface area contributed by atoms with Crippen molar-refractivity contribution >= 4 is 11.7 Å². The highest BCUT2D eigenvalue weighted by atomic mass is 16.2. The molecule has 4 heteroatoms. The highest BCUT2D eigenvalue weighted by Crippen LogP contribution is 2.04. The Balaban J connectivity index is 2.26. The van der Waals surface area contributed by atoms with E-state index in [1.807, 2.05) is 30.3 Å². The zero-order valence-corrected chi connectivity index (χ0v) is 9.57. The quantitative estimate of drug-likeness (QED) is 0.709. The fourth-order valence-electron chi connectivity index (χ4n) is 1.35. The summed E-state index contributed by atoms with van der Waals surface area (Å²) in [4.78, 5) is 11.5. The Morgan fingerprint density at radius 1 is 1.38 bits per heavy atom. The molecule has 0 fully saturated rings. The van der Waals surface area contributed by atoms with Crippen molar-refractivity contribution in [3.63, 3.8) is 0 Å². The van der Waals surface area contributed by atoms with Crippen LogP contribution in [0.3, 0.4) is 0 Å². The molecule has 0 aromatic heterocycles. The molecule has 4 N–H and O–H groups in total. The molecule has 1 rings (SSSR count). The largest absolute Gasteiger partial charge is 0.338 e. The molecule has 4 nitrogen and oxygen atoms in total. The van der Waals surface area contributed by atoms with Crippen molar-refractivity contribution in [2.45, 2.75) is 13.3 Å². The standard InChI is InChI=1S/C12H19N3O/c1-10(7-8-13)9-14-12(16)15-11-5-3-2-4-6-11/h2-6,10H,7-9,13H2,1H3,(H2,14,15,16). The molecule has 1 aromatic carbocycles. The topological polar surface area (TPSA) is 67.1 Å². The summed E-state index contributed by atoms with van der Waals surface area (Å²) in [6.45, 7) is 3.37. The highest BCUT2D eigenvalue weighted by Gasteiger charge is 2.04. The van der Waals surface area contributed by atoms with Crippen LogP contribution in [-0.4, -0.2) is 19.1 Å². The average Bonchev–Trinajstić information content (AvgIpc) is 2.28. The zero-order valence-electron chi connectivity index (χ0n) is 9.57. The minimum absolute atomic E-state index is 0.171. The molecule has 16 heavy (non-hydrogen) atoms. The van der Waals surface area contributed by atoms with Gasteiger partial charge in [-0.25, -0.2) is 4.79 Å². The van der Waals surface area contributed by atoms with Gasteiger partial charge in [0.05, 0.1) is 0 Å². The first-order valence-corrected chi connectivity index (χ1v) is 5.52. The third-order valence-electron chi connectivity index (χ3n) is 2.30. The number of nitrogens with one attached hydrogen (secondary N) is 2. The second kappa shape index (κ2) is 6.85. The molecule has 0 aliphatic carbocycles. The first-order chi connectivity index (χ1) is 7.72. The summed E-state index contributed by atoms with van der Waals surface area (Å²) >= 11 is 0. The van der Waals surface area contributed by atoms with Gasteiger partial charge in [-0.2, -0.15) is 0 Å². The van der Waals surface area contributed by atoms with Crippen molar-refractivity contribution in [2.24, 2.45) is 11.7 Å². The summed E-state index contributed by atoms with van der Waals surface area (Å²) in [5.41, 5.74) is 6.23. The van der Waals surface area contributed by atoms with E-state index >= 15 is 0 Å². The van der Waals surface area contributed by atoms with Gasteiger partial charge in [0.15, 0.2) is 0 Å².